The Morgan fingerprint density at radius 3 is 2.31 bits per heavy atom. The van der Waals surface area contributed by atoms with E-state index in [2.05, 4.69) is 25.3 Å². The van der Waals surface area contributed by atoms with Gasteiger partial charge in [-0.25, -0.2) is 28.7 Å². The van der Waals surface area contributed by atoms with Crippen LogP contribution in [0.15, 0.2) is 36.7 Å². The summed E-state index contributed by atoms with van der Waals surface area (Å²) < 4.78 is 31.6. The van der Waals surface area contributed by atoms with Crippen LogP contribution < -0.4 is 5.32 Å². The first-order chi connectivity index (χ1) is 18.6. The minimum absolute atomic E-state index is 0.00619. The molecule has 0 radical (unpaired) electrons. The molecule has 0 aliphatic carbocycles. The number of rotatable bonds is 5. The predicted octanol–water partition coefficient (Wildman–Crippen LogP) is 4.10. The van der Waals surface area contributed by atoms with E-state index in [9.17, 15) is 18.4 Å². The molecule has 1 aliphatic rings. The Morgan fingerprint density at radius 1 is 0.949 bits per heavy atom. The number of nitrogens with one attached hydrogen (secondary N) is 1. The van der Waals surface area contributed by atoms with Crippen molar-refractivity contribution < 1.29 is 18.4 Å². The Bertz CT molecular complexity index is 1560. The van der Waals surface area contributed by atoms with Gasteiger partial charge in [-0.2, -0.15) is 0 Å². The van der Waals surface area contributed by atoms with Crippen molar-refractivity contribution in [3.05, 3.63) is 59.7 Å². The van der Waals surface area contributed by atoms with Gasteiger partial charge in [0.15, 0.2) is 11.6 Å². The third kappa shape index (κ3) is 5.14. The van der Waals surface area contributed by atoms with Crippen LogP contribution in [-0.4, -0.2) is 72.3 Å². The number of imidazole rings is 1. The summed E-state index contributed by atoms with van der Waals surface area (Å²) in [6.45, 7) is 9.14. The molecule has 2 amide bonds. The highest BCUT2D eigenvalue weighted by molar-refractivity contribution is 5.94. The molecule has 1 fully saturated rings. The lowest BCUT2D eigenvalue weighted by Gasteiger charge is -2.34. The van der Waals surface area contributed by atoms with Crippen LogP contribution in [0.1, 0.15) is 43.0 Å². The molecule has 10 nitrogen and oxygen atoms in total. The van der Waals surface area contributed by atoms with Crippen molar-refractivity contribution in [2.75, 3.05) is 31.5 Å². The number of aromatic nitrogens is 5. The molecular weight excluding hydrogens is 506 g/mol. The maximum absolute atomic E-state index is 14.9. The minimum Gasteiger partial charge on any atom is -0.339 e. The molecule has 5 rings (SSSR count). The molecule has 1 aliphatic heterocycles. The lowest BCUT2D eigenvalue weighted by molar-refractivity contribution is -0.130. The standard InChI is InChI=1S/C27H28F2N8O2/c1-15(2)37-16(3)32-25-20(28)11-19(12-22(25)37)24-21(29)14-31-27(34-24)33-23-6-5-18(13-30-23)26(39)36-9-7-35(8-10-36)17(4)38/h5-6,11-15H,7-10H2,1-4H3,(H,30,31,33,34). The van der Waals surface area contributed by atoms with Crippen LogP contribution in [-0.2, 0) is 4.79 Å². The van der Waals surface area contributed by atoms with Crippen LogP contribution in [0.2, 0.25) is 0 Å². The summed E-state index contributed by atoms with van der Waals surface area (Å²) in [4.78, 5) is 44.6. The summed E-state index contributed by atoms with van der Waals surface area (Å²) in [6, 6.07) is 6.13. The number of benzene rings is 1. The Labute approximate surface area is 223 Å². The van der Waals surface area contributed by atoms with Gasteiger partial charge in [0.2, 0.25) is 11.9 Å². The smallest absolute Gasteiger partial charge is 0.255 e. The van der Waals surface area contributed by atoms with Crippen LogP contribution in [0, 0.1) is 18.6 Å². The molecular formula is C27H28F2N8O2. The predicted molar refractivity (Wildman–Crippen MR) is 141 cm³/mol. The summed E-state index contributed by atoms with van der Waals surface area (Å²) in [7, 11) is 0. The van der Waals surface area contributed by atoms with Crippen LogP contribution in [0.4, 0.5) is 20.5 Å². The monoisotopic (exact) mass is 534 g/mol. The highest BCUT2D eigenvalue weighted by Gasteiger charge is 2.24. The third-order valence-electron chi connectivity index (χ3n) is 6.72. The van der Waals surface area contributed by atoms with Gasteiger partial charge in [0.05, 0.1) is 17.3 Å². The average Bonchev–Trinajstić information content (AvgIpc) is 3.26. The first kappa shape index (κ1) is 26.1. The number of hydrogen-bond donors (Lipinski definition) is 1. The molecule has 39 heavy (non-hydrogen) atoms. The number of piperazine rings is 1. The Kier molecular flexibility index (Phi) is 6.94. The Hall–Kier alpha value is -4.48. The molecule has 0 spiro atoms. The van der Waals surface area contributed by atoms with E-state index in [1.54, 1.807) is 34.9 Å². The number of anilines is 2. The molecule has 202 valence electrons. The van der Waals surface area contributed by atoms with Gasteiger partial charge in [-0.15, -0.1) is 0 Å². The number of fused-ring (bicyclic) bond motifs is 1. The zero-order chi connectivity index (χ0) is 27.8. The molecule has 4 heterocycles. The molecule has 0 atom stereocenters. The van der Waals surface area contributed by atoms with E-state index >= 15 is 0 Å². The Morgan fingerprint density at radius 2 is 1.67 bits per heavy atom. The molecule has 4 aromatic rings. The maximum atomic E-state index is 14.9. The summed E-state index contributed by atoms with van der Waals surface area (Å²) >= 11 is 0. The van der Waals surface area contributed by atoms with Gasteiger partial charge >= 0.3 is 0 Å². The lowest BCUT2D eigenvalue weighted by atomic mass is 10.1. The highest BCUT2D eigenvalue weighted by Crippen LogP contribution is 2.30. The quantitative estimate of drug-likeness (QED) is 0.411. The number of aryl methyl sites for hydroxylation is 1. The van der Waals surface area contributed by atoms with Gasteiger partial charge in [-0.05, 0) is 45.0 Å². The molecule has 1 N–H and O–H groups in total. The fraction of sp³-hybridized carbons (Fsp3) is 0.333. The summed E-state index contributed by atoms with van der Waals surface area (Å²) in [6.07, 6.45) is 2.45. The normalized spacial score (nSPS) is 13.8. The second kappa shape index (κ2) is 10.4. The fourth-order valence-electron chi connectivity index (χ4n) is 4.80. The molecule has 12 heteroatoms. The van der Waals surface area contributed by atoms with Gasteiger partial charge in [0, 0.05) is 50.9 Å². The second-order valence-corrected chi connectivity index (χ2v) is 9.69. The number of amides is 2. The highest BCUT2D eigenvalue weighted by atomic mass is 19.1. The van der Waals surface area contributed by atoms with Gasteiger partial charge in [-0.1, -0.05) is 0 Å². The van der Waals surface area contributed by atoms with Crippen LogP contribution in [0.5, 0.6) is 0 Å². The average molecular weight is 535 g/mol. The number of carbonyl (C=O) groups is 2. The van der Waals surface area contributed by atoms with Crippen molar-refractivity contribution in [3.8, 4) is 11.3 Å². The molecule has 3 aromatic heterocycles. The summed E-state index contributed by atoms with van der Waals surface area (Å²) in [5, 5.41) is 2.91. The van der Waals surface area contributed by atoms with E-state index in [0.29, 0.717) is 48.9 Å². The first-order valence-corrected chi connectivity index (χ1v) is 12.6. The minimum atomic E-state index is -0.703. The van der Waals surface area contributed by atoms with Crippen LogP contribution in [0.3, 0.4) is 0 Å². The van der Waals surface area contributed by atoms with E-state index in [-0.39, 0.29) is 40.6 Å². The third-order valence-corrected chi connectivity index (χ3v) is 6.72. The maximum Gasteiger partial charge on any atom is 0.255 e. The van der Waals surface area contributed by atoms with Crippen LogP contribution in [0.25, 0.3) is 22.3 Å². The van der Waals surface area contributed by atoms with Crippen molar-refractivity contribution >= 4 is 34.6 Å². The zero-order valence-corrected chi connectivity index (χ0v) is 22.1. The van der Waals surface area contributed by atoms with Crippen molar-refractivity contribution in [2.24, 2.45) is 0 Å². The lowest BCUT2D eigenvalue weighted by Crippen LogP contribution is -2.50. The topological polar surface area (TPSA) is 109 Å². The van der Waals surface area contributed by atoms with Crippen molar-refractivity contribution in [1.29, 1.82) is 0 Å². The first-order valence-electron chi connectivity index (χ1n) is 12.6. The fourth-order valence-corrected chi connectivity index (χ4v) is 4.80. The van der Waals surface area contributed by atoms with E-state index in [4.69, 9.17) is 0 Å². The number of carbonyl (C=O) groups excluding carboxylic acids is 2. The molecule has 0 bridgehead atoms. The largest absolute Gasteiger partial charge is 0.339 e. The van der Waals surface area contributed by atoms with Gasteiger partial charge in [0.25, 0.3) is 5.91 Å². The summed E-state index contributed by atoms with van der Waals surface area (Å²) in [5.41, 5.74) is 1.35. The second-order valence-electron chi connectivity index (χ2n) is 9.69. The van der Waals surface area contributed by atoms with E-state index in [1.807, 2.05) is 18.4 Å². The van der Waals surface area contributed by atoms with Gasteiger partial charge < -0.3 is 19.7 Å². The summed E-state index contributed by atoms with van der Waals surface area (Å²) in [5.74, 6) is -0.382. The Balaban J connectivity index is 1.35. The van der Waals surface area contributed by atoms with Crippen molar-refractivity contribution in [3.63, 3.8) is 0 Å². The van der Waals surface area contributed by atoms with Gasteiger partial charge in [-0.3, -0.25) is 9.59 Å². The number of hydrogen-bond acceptors (Lipinski definition) is 7. The number of nitrogens with zero attached hydrogens (tertiary/aromatic N) is 7. The van der Waals surface area contributed by atoms with Crippen LogP contribution >= 0.6 is 0 Å². The number of halogens is 2. The van der Waals surface area contributed by atoms with E-state index < -0.39 is 11.6 Å². The number of pyridine rings is 1. The molecule has 1 saturated heterocycles. The molecule has 0 saturated carbocycles. The van der Waals surface area contributed by atoms with Crippen molar-refractivity contribution in [2.45, 2.75) is 33.7 Å². The van der Waals surface area contributed by atoms with E-state index in [1.165, 1.54) is 19.2 Å². The van der Waals surface area contributed by atoms with E-state index in [0.717, 1.165) is 6.20 Å². The van der Waals surface area contributed by atoms with Crippen molar-refractivity contribution in [1.82, 2.24) is 34.3 Å². The molecule has 0 unspecified atom stereocenters. The SMILES string of the molecule is CC(=O)N1CCN(C(=O)c2ccc(Nc3ncc(F)c(-c4cc(F)c5nc(C)n(C(C)C)c5c4)n3)nc2)CC1. The molecule has 1 aromatic carbocycles. The zero-order valence-electron chi connectivity index (χ0n) is 22.1. The van der Waals surface area contributed by atoms with Gasteiger partial charge in [0.1, 0.15) is 22.9 Å².